The first kappa shape index (κ1) is 10.1. The molecule has 1 aromatic heterocycles. The van der Waals surface area contributed by atoms with Crippen molar-refractivity contribution in [1.29, 1.82) is 0 Å². The van der Waals surface area contributed by atoms with Gasteiger partial charge in [0.2, 0.25) is 0 Å². The fourth-order valence-electron chi connectivity index (χ4n) is 0.714. The second kappa shape index (κ2) is 3.41. The maximum atomic E-state index is 11.8. The Morgan fingerprint density at radius 3 is 2.46 bits per heavy atom. The zero-order valence-corrected chi connectivity index (χ0v) is 7.41. The van der Waals surface area contributed by atoms with Gasteiger partial charge in [0, 0.05) is 23.5 Å². The van der Waals surface area contributed by atoms with Crippen LogP contribution in [0.3, 0.4) is 0 Å². The number of nitrogen functional groups attached to an aromatic ring is 1. The number of alkyl halides is 3. The number of nitrogens with zero attached hydrogens (tertiary/aromatic N) is 2. The average Bonchev–Trinajstić information content (AvgIpc) is 1.78. The van der Waals surface area contributed by atoms with Crippen LogP contribution in [0.5, 0.6) is 0 Å². The number of aromatic nitrogens is 2. The van der Waals surface area contributed by atoms with Crippen LogP contribution in [0.1, 0.15) is 5.69 Å². The van der Waals surface area contributed by atoms with E-state index in [-0.39, 0.29) is 22.7 Å². The van der Waals surface area contributed by atoms with Crippen molar-refractivity contribution < 1.29 is 13.2 Å². The second-order valence-electron chi connectivity index (χ2n) is 2.26. The zero-order valence-electron chi connectivity index (χ0n) is 6.59. The minimum absolute atomic E-state index is 0.0410. The summed E-state index contributed by atoms with van der Waals surface area (Å²) in [4.78, 5) is 7.00. The molecule has 0 amide bonds. The third-order valence-corrected chi connectivity index (χ3v) is 1.66. The number of rotatable bonds is 1. The molecule has 0 spiro atoms. The fraction of sp³-hybridized carbons (Fsp3) is 0.333. The number of halogens is 3. The lowest BCUT2D eigenvalue weighted by Crippen LogP contribution is -2.04. The van der Waals surface area contributed by atoms with Crippen LogP contribution in [0.25, 0.3) is 0 Å². The summed E-state index contributed by atoms with van der Waals surface area (Å²) in [5, 5.41) is -0.370. The van der Waals surface area contributed by atoms with Gasteiger partial charge in [0.1, 0.15) is 5.82 Å². The molecular formula is C6H6F3N3S. The van der Waals surface area contributed by atoms with Gasteiger partial charge < -0.3 is 5.73 Å². The van der Waals surface area contributed by atoms with Gasteiger partial charge in [0.25, 0.3) is 0 Å². The third-order valence-electron chi connectivity index (χ3n) is 1.06. The molecule has 7 heteroatoms. The van der Waals surface area contributed by atoms with Crippen molar-refractivity contribution in [2.75, 3.05) is 5.73 Å². The second-order valence-corrected chi connectivity index (χ2v) is 3.30. The van der Waals surface area contributed by atoms with Crippen LogP contribution in [0, 0.1) is 6.92 Å². The largest absolute Gasteiger partial charge is 0.449 e. The van der Waals surface area contributed by atoms with Gasteiger partial charge in [-0.1, -0.05) is 0 Å². The average molecular weight is 209 g/mol. The van der Waals surface area contributed by atoms with Crippen molar-refractivity contribution in [2.45, 2.75) is 17.6 Å². The third kappa shape index (κ3) is 3.49. The van der Waals surface area contributed by atoms with E-state index >= 15 is 0 Å². The van der Waals surface area contributed by atoms with Crippen molar-refractivity contribution in [2.24, 2.45) is 0 Å². The first-order chi connectivity index (χ1) is 5.87. The van der Waals surface area contributed by atoms with E-state index in [0.29, 0.717) is 5.69 Å². The van der Waals surface area contributed by atoms with E-state index in [1.54, 1.807) is 6.92 Å². The zero-order chi connectivity index (χ0) is 10.1. The predicted molar refractivity (Wildman–Crippen MR) is 43.1 cm³/mol. The summed E-state index contributed by atoms with van der Waals surface area (Å²) in [7, 11) is 0. The van der Waals surface area contributed by atoms with Gasteiger partial charge in [-0.3, -0.25) is 0 Å². The molecule has 3 nitrogen and oxygen atoms in total. The Morgan fingerprint density at radius 1 is 1.38 bits per heavy atom. The topological polar surface area (TPSA) is 51.8 Å². The number of hydrogen-bond acceptors (Lipinski definition) is 4. The Labute approximate surface area is 76.6 Å². The first-order valence-electron chi connectivity index (χ1n) is 3.24. The summed E-state index contributed by atoms with van der Waals surface area (Å²) in [5.74, 6) is 0.0410. The first-order valence-corrected chi connectivity index (χ1v) is 4.05. The Hall–Kier alpha value is -0.980. The SMILES string of the molecule is Cc1cc(N)nc(SC(F)(F)F)n1. The lowest BCUT2D eigenvalue weighted by molar-refractivity contribution is -0.0330. The van der Waals surface area contributed by atoms with Crippen molar-refractivity contribution in [3.8, 4) is 0 Å². The molecule has 1 aromatic rings. The van der Waals surface area contributed by atoms with Gasteiger partial charge in [-0.05, 0) is 6.92 Å². The van der Waals surface area contributed by atoms with E-state index in [1.165, 1.54) is 6.07 Å². The van der Waals surface area contributed by atoms with Crippen LogP contribution in [-0.4, -0.2) is 15.5 Å². The van der Waals surface area contributed by atoms with Gasteiger partial charge in [-0.15, -0.1) is 0 Å². The lowest BCUT2D eigenvalue weighted by atomic mass is 10.4. The van der Waals surface area contributed by atoms with E-state index in [9.17, 15) is 13.2 Å². The molecule has 1 rings (SSSR count). The molecule has 1 heterocycles. The van der Waals surface area contributed by atoms with Crippen molar-refractivity contribution in [1.82, 2.24) is 9.97 Å². The molecule has 13 heavy (non-hydrogen) atoms. The molecule has 0 bridgehead atoms. The van der Waals surface area contributed by atoms with E-state index < -0.39 is 5.51 Å². The minimum Gasteiger partial charge on any atom is -0.384 e. The van der Waals surface area contributed by atoms with Crippen LogP contribution in [0.4, 0.5) is 19.0 Å². The summed E-state index contributed by atoms with van der Waals surface area (Å²) < 4.78 is 35.5. The fourth-order valence-corrected chi connectivity index (χ4v) is 1.26. The Bertz CT molecular complexity index is 292. The summed E-state index contributed by atoms with van der Waals surface area (Å²) in [5.41, 5.74) is 1.29. The minimum atomic E-state index is -4.37. The molecule has 0 unspecified atom stereocenters. The Balaban J connectivity index is 2.90. The highest BCUT2D eigenvalue weighted by atomic mass is 32.2. The highest BCUT2D eigenvalue weighted by molar-refractivity contribution is 8.00. The number of hydrogen-bond donors (Lipinski definition) is 1. The van der Waals surface area contributed by atoms with Crippen molar-refractivity contribution >= 4 is 17.6 Å². The van der Waals surface area contributed by atoms with Gasteiger partial charge in [-0.25, -0.2) is 9.97 Å². The van der Waals surface area contributed by atoms with Crippen LogP contribution >= 0.6 is 11.8 Å². The molecule has 72 valence electrons. The molecular weight excluding hydrogens is 203 g/mol. The maximum absolute atomic E-state index is 11.8. The summed E-state index contributed by atoms with van der Waals surface area (Å²) in [6, 6.07) is 1.40. The van der Waals surface area contributed by atoms with Crippen LogP contribution in [-0.2, 0) is 0 Å². The van der Waals surface area contributed by atoms with E-state index in [2.05, 4.69) is 9.97 Å². The van der Waals surface area contributed by atoms with Gasteiger partial charge in [-0.2, -0.15) is 13.2 Å². The molecule has 0 fully saturated rings. The monoisotopic (exact) mass is 209 g/mol. The highest BCUT2D eigenvalue weighted by Gasteiger charge is 2.31. The normalized spacial score (nSPS) is 11.7. The summed E-state index contributed by atoms with van der Waals surface area (Å²) in [6.07, 6.45) is 0. The Kier molecular flexibility index (Phi) is 2.65. The predicted octanol–water partition coefficient (Wildman–Crippen LogP) is 1.98. The number of thioether (sulfide) groups is 1. The molecule has 0 radical (unpaired) electrons. The number of anilines is 1. The highest BCUT2D eigenvalue weighted by Crippen LogP contribution is 2.34. The molecule has 0 saturated heterocycles. The number of nitrogens with two attached hydrogens (primary N) is 1. The molecule has 2 N–H and O–H groups in total. The van der Waals surface area contributed by atoms with E-state index in [4.69, 9.17) is 5.73 Å². The molecule has 0 aromatic carbocycles. The molecule has 0 aliphatic heterocycles. The van der Waals surface area contributed by atoms with Gasteiger partial charge >= 0.3 is 5.51 Å². The van der Waals surface area contributed by atoms with Crippen LogP contribution in [0.15, 0.2) is 11.2 Å². The van der Waals surface area contributed by atoms with E-state index in [1.807, 2.05) is 0 Å². The molecule has 0 atom stereocenters. The molecule has 0 aliphatic carbocycles. The lowest BCUT2D eigenvalue weighted by Gasteiger charge is -2.04. The Morgan fingerprint density at radius 2 is 2.00 bits per heavy atom. The van der Waals surface area contributed by atoms with Crippen molar-refractivity contribution in [3.63, 3.8) is 0 Å². The number of aryl methyl sites for hydroxylation is 1. The van der Waals surface area contributed by atoms with Crippen molar-refractivity contribution in [3.05, 3.63) is 11.8 Å². The quantitative estimate of drug-likeness (QED) is 0.567. The molecule has 0 aliphatic rings. The van der Waals surface area contributed by atoms with Gasteiger partial charge in [0.05, 0.1) is 0 Å². The van der Waals surface area contributed by atoms with E-state index in [0.717, 1.165) is 0 Å². The standard InChI is InChI=1S/C6H6F3N3S/c1-3-2-4(10)12-5(11-3)13-6(7,8)9/h2H,1H3,(H2,10,11,12). The maximum Gasteiger partial charge on any atom is 0.449 e. The summed E-state index contributed by atoms with van der Waals surface area (Å²) >= 11 is -0.373. The van der Waals surface area contributed by atoms with Crippen LogP contribution in [0.2, 0.25) is 0 Å². The van der Waals surface area contributed by atoms with Gasteiger partial charge in [0.15, 0.2) is 5.16 Å². The molecule has 0 saturated carbocycles. The van der Waals surface area contributed by atoms with Crippen LogP contribution < -0.4 is 5.73 Å². The smallest absolute Gasteiger partial charge is 0.384 e. The summed E-state index contributed by atoms with van der Waals surface area (Å²) in [6.45, 7) is 1.55.